The monoisotopic (exact) mass is 348 g/mol. The predicted octanol–water partition coefficient (Wildman–Crippen LogP) is 1.72. The lowest BCUT2D eigenvalue weighted by Gasteiger charge is -2.18. The Morgan fingerprint density at radius 2 is 2.08 bits per heavy atom. The molecule has 0 bridgehead atoms. The van der Waals surface area contributed by atoms with Gasteiger partial charge in [0, 0.05) is 25.2 Å². The molecule has 25 heavy (non-hydrogen) atoms. The van der Waals surface area contributed by atoms with E-state index in [1.54, 1.807) is 12.1 Å². The van der Waals surface area contributed by atoms with E-state index < -0.39 is 0 Å². The SMILES string of the molecule is O=C(NCCCN1CCCC1)N[C@@H]1CC(=O)N(c2cccc(F)c2)C1. The zero-order valence-electron chi connectivity index (χ0n) is 14.3. The van der Waals surface area contributed by atoms with Gasteiger partial charge >= 0.3 is 6.03 Å². The molecule has 2 saturated heterocycles. The molecule has 6 nitrogen and oxygen atoms in total. The first kappa shape index (κ1) is 17.7. The molecule has 0 saturated carbocycles. The van der Waals surface area contributed by atoms with Crippen molar-refractivity contribution >= 4 is 17.6 Å². The van der Waals surface area contributed by atoms with Crippen LogP contribution in [-0.4, -0.2) is 55.6 Å². The minimum atomic E-state index is -0.377. The molecule has 3 rings (SSSR count). The second-order valence-electron chi connectivity index (χ2n) is 6.69. The molecule has 1 aromatic carbocycles. The molecule has 0 radical (unpaired) electrons. The van der Waals surface area contributed by atoms with E-state index in [4.69, 9.17) is 0 Å². The quantitative estimate of drug-likeness (QED) is 0.770. The number of carbonyl (C=O) groups is 2. The fourth-order valence-corrected chi connectivity index (χ4v) is 3.45. The molecule has 0 unspecified atom stereocenters. The molecule has 1 aromatic rings. The van der Waals surface area contributed by atoms with Crippen LogP contribution in [0, 0.1) is 5.82 Å². The van der Waals surface area contributed by atoms with Gasteiger partial charge in [-0.3, -0.25) is 4.79 Å². The Balaban J connectivity index is 1.39. The number of rotatable bonds is 6. The minimum absolute atomic E-state index is 0.107. The van der Waals surface area contributed by atoms with Crippen LogP contribution in [0.15, 0.2) is 24.3 Å². The Hall–Kier alpha value is -2.15. The summed E-state index contributed by atoms with van der Waals surface area (Å²) >= 11 is 0. The lowest BCUT2D eigenvalue weighted by atomic mass is 10.2. The third kappa shape index (κ3) is 4.92. The summed E-state index contributed by atoms with van der Waals surface area (Å²) in [6, 6.07) is 5.44. The van der Waals surface area contributed by atoms with E-state index in [0.29, 0.717) is 18.8 Å². The molecule has 2 N–H and O–H groups in total. The summed E-state index contributed by atoms with van der Waals surface area (Å²) in [6.07, 6.45) is 3.70. The van der Waals surface area contributed by atoms with Crippen molar-refractivity contribution in [2.45, 2.75) is 31.7 Å². The second kappa shape index (κ2) is 8.29. The topological polar surface area (TPSA) is 64.7 Å². The molecule has 1 atom stereocenters. The second-order valence-corrected chi connectivity index (χ2v) is 6.69. The summed E-state index contributed by atoms with van der Waals surface area (Å²) in [5.74, 6) is -0.484. The first-order valence-electron chi connectivity index (χ1n) is 8.94. The number of halogens is 1. The smallest absolute Gasteiger partial charge is 0.315 e. The van der Waals surface area contributed by atoms with Crippen molar-refractivity contribution in [2.75, 3.05) is 37.6 Å². The molecule has 0 spiro atoms. The zero-order valence-corrected chi connectivity index (χ0v) is 14.3. The largest absolute Gasteiger partial charge is 0.338 e. The molecule has 0 aromatic heterocycles. The van der Waals surface area contributed by atoms with Gasteiger partial charge < -0.3 is 20.4 Å². The van der Waals surface area contributed by atoms with E-state index in [1.807, 2.05) is 0 Å². The van der Waals surface area contributed by atoms with Gasteiger partial charge in [-0.05, 0) is 57.1 Å². The highest BCUT2D eigenvalue weighted by Crippen LogP contribution is 2.22. The van der Waals surface area contributed by atoms with Crippen LogP contribution in [0.5, 0.6) is 0 Å². The van der Waals surface area contributed by atoms with Crippen LogP contribution < -0.4 is 15.5 Å². The van der Waals surface area contributed by atoms with Crippen LogP contribution in [0.25, 0.3) is 0 Å². The van der Waals surface area contributed by atoms with Crippen molar-refractivity contribution in [3.05, 3.63) is 30.1 Å². The zero-order chi connectivity index (χ0) is 17.6. The van der Waals surface area contributed by atoms with E-state index in [2.05, 4.69) is 15.5 Å². The molecular weight excluding hydrogens is 323 g/mol. The number of hydrogen-bond acceptors (Lipinski definition) is 3. The first-order chi connectivity index (χ1) is 12.1. The number of nitrogens with zero attached hydrogens (tertiary/aromatic N) is 2. The summed E-state index contributed by atoms with van der Waals surface area (Å²) in [6.45, 7) is 4.31. The van der Waals surface area contributed by atoms with Crippen LogP contribution in [-0.2, 0) is 4.79 Å². The number of nitrogens with one attached hydrogen (secondary N) is 2. The Morgan fingerprint density at radius 3 is 2.84 bits per heavy atom. The van der Waals surface area contributed by atoms with E-state index >= 15 is 0 Å². The normalized spacial score (nSPS) is 20.9. The van der Waals surface area contributed by atoms with Crippen LogP contribution in [0.1, 0.15) is 25.7 Å². The molecule has 0 aliphatic carbocycles. The summed E-state index contributed by atoms with van der Waals surface area (Å²) in [7, 11) is 0. The highest BCUT2D eigenvalue weighted by atomic mass is 19.1. The number of hydrogen-bond donors (Lipinski definition) is 2. The highest BCUT2D eigenvalue weighted by molar-refractivity contribution is 5.96. The average molecular weight is 348 g/mol. The van der Waals surface area contributed by atoms with Gasteiger partial charge in [0.1, 0.15) is 5.82 Å². The van der Waals surface area contributed by atoms with Crippen molar-refractivity contribution < 1.29 is 14.0 Å². The van der Waals surface area contributed by atoms with Crippen molar-refractivity contribution in [3.63, 3.8) is 0 Å². The van der Waals surface area contributed by atoms with Gasteiger partial charge in [-0.15, -0.1) is 0 Å². The van der Waals surface area contributed by atoms with Gasteiger partial charge in [-0.1, -0.05) is 6.07 Å². The minimum Gasteiger partial charge on any atom is -0.338 e. The van der Waals surface area contributed by atoms with Crippen LogP contribution in [0.2, 0.25) is 0 Å². The summed E-state index contributed by atoms with van der Waals surface area (Å²) in [5.41, 5.74) is 0.528. The Bertz CT molecular complexity index is 619. The molecule has 7 heteroatoms. The molecule has 2 aliphatic heterocycles. The fraction of sp³-hybridized carbons (Fsp3) is 0.556. The fourth-order valence-electron chi connectivity index (χ4n) is 3.45. The first-order valence-corrected chi connectivity index (χ1v) is 8.94. The van der Waals surface area contributed by atoms with E-state index in [1.165, 1.54) is 29.9 Å². The number of benzene rings is 1. The summed E-state index contributed by atoms with van der Waals surface area (Å²) < 4.78 is 13.3. The van der Waals surface area contributed by atoms with Gasteiger partial charge in [0.05, 0.1) is 6.04 Å². The summed E-state index contributed by atoms with van der Waals surface area (Å²) in [5, 5.41) is 5.68. The van der Waals surface area contributed by atoms with Crippen LogP contribution in [0.4, 0.5) is 14.9 Å². The predicted molar refractivity (Wildman–Crippen MR) is 94.0 cm³/mol. The molecule has 2 aliphatic rings. The average Bonchev–Trinajstić information content (AvgIpc) is 3.21. The van der Waals surface area contributed by atoms with Gasteiger partial charge in [0.25, 0.3) is 0 Å². The number of carbonyl (C=O) groups excluding carboxylic acids is 2. The van der Waals surface area contributed by atoms with E-state index in [-0.39, 0.29) is 30.2 Å². The standard InChI is InChI=1S/C18H25FN4O2/c19-14-5-3-6-16(11-14)23-13-15(12-17(23)24)21-18(25)20-7-4-10-22-8-1-2-9-22/h3,5-6,11,15H,1-2,4,7-10,12-13H2,(H2,20,21,25)/t15-/m1/s1. The highest BCUT2D eigenvalue weighted by Gasteiger charge is 2.31. The van der Waals surface area contributed by atoms with E-state index in [0.717, 1.165) is 26.1 Å². The van der Waals surface area contributed by atoms with Crippen molar-refractivity contribution in [1.82, 2.24) is 15.5 Å². The van der Waals surface area contributed by atoms with Gasteiger partial charge in [-0.2, -0.15) is 0 Å². The lowest BCUT2D eigenvalue weighted by Crippen LogP contribution is -2.44. The van der Waals surface area contributed by atoms with Crippen molar-refractivity contribution in [3.8, 4) is 0 Å². The van der Waals surface area contributed by atoms with Crippen molar-refractivity contribution in [1.29, 1.82) is 0 Å². The Morgan fingerprint density at radius 1 is 1.28 bits per heavy atom. The Labute approximate surface area is 147 Å². The van der Waals surface area contributed by atoms with Gasteiger partial charge in [0.15, 0.2) is 0 Å². The molecule has 3 amide bonds. The number of amides is 3. The van der Waals surface area contributed by atoms with Gasteiger partial charge in [0.2, 0.25) is 5.91 Å². The maximum absolute atomic E-state index is 13.3. The molecule has 136 valence electrons. The van der Waals surface area contributed by atoms with Gasteiger partial charge in [-0.25, -0.2) is 9.18 Å². The van der Waals surface area contributed by atoms with Crippen LogP contribution >= 0.6 is 0 Å². The maximum atomic E-state index is 13.3. The van der Waals surface area contributed by atoms with E-state index in [9.17, 15) is 14.0 Å². The third-order valence-electron chi connectivity index (χ3n) is 4.72. The third-order valence-corrected chi connectivity index (χ3v) is 4.72. The lowest BCUT2D eigenvalue weighted by molar-refractivity contribution is -0.117. The number of urea groups is 1. The number of likely N-dealkylation sites (tertiary alicyclic amines) is 1. The number of anilines is 1. The Kier molecular flexibility index (Phi) is 5.86. The molecule has 2 fully saturated rings. The molecular formula is C18H25FN4O2. The maximum Gasteiger partial charge on any atom is 0.315 e. The molecule has 2 heterocycles. The van der Waals surface area contributed by atoms with Crippen molar-refractivity contribution in [2.24, 2.45) is 0 Å². The summed E-state index contributed by atoms with van der Waals surface area (Å²) in [4.78, 5) is 28.0. The van der Waals surface area contributed by atoms with Crippen LogP contribution in [0.3, 0.4) is 0 Å².